The molecule has 1 heterocycles. The highest BCUT2D eigenvalue weighted by atomic mass is 32.2. The normalized spacial score (nSPS) is 16.9. The zero-order valence-corrected chi connectivity index (χ0v) is 18.0. The summed E-state index contributed by atoms with van der Waals surface area (Å²) in [6, 6.07) is 10.3. The van der Waals surface area contributed by atoms with Crippen LogP contribution in [0.5, 0.6) is 5.75 Å². The number of thioether (sulfide) groups is 1. The second-order valence-electron chi connectivity index (χ2n) is 6.82. The van der Waals surface area contributed by atoms with Crippen LogP contribution in [0.2, 0.25) is 0 Å². The Hall–Kier alpha value is -2.60. The topological polar surface area (TPSA) is 41.9 Å². The molecule has 6 heteroatoms. The molecule has 0 saturated carbocycles. The van der Waals surface area contributed by atoms with E-state index < -0.39 is 0 Å². The highest BCUT2D eigenvalue weighted by molar-refractivity contribution is 8.18. The lowest BCUT2D eigenvalue weighted by Gasteiger charge is -2.13. The molecule has 3 rings (SSSR count). The molecule has 0 atom stereocenters. The number of amides is 1. The lowest BCUT2D eigenvalue weighted by molar-refractivity contribution is -0.122. The minimum absolute atomic E-state index is 0.00311. The first-order valence-electron chi connectivity index (χ1n) is 9.67. The third kappa shape index (κ3) is 4.88. The lowest BCUT2D eigenvalue weighted by atomic mass is 10.0. The fourth-order valence-electron chi connectivity index (χ4n) is 3.22. The number of halogens is 1. The van der Waals surface area contributed by atoms with Gasteiger partial charge >= 0.3 is 0 Å². The Kier molecular flexibility index (Phi) is 6.75. The van der Waals surface area contributed by atoms with Crippen molar-refractivity contribution in [2.24, 2.45) is 4.99 Å². The van der Waals surface area contributed by atoms with Crippen molar-refractivity contribution < 1.29 is 13.9 Å². The van der Waals surface area contributed by atoms with Gasteiger partial charge in [-0.2, -0.15) is 0 Å². The summed E-state index contributed by atoms with van der Waals surface area (Å²) < 4.78 is 19.0. The summed E-state index contributed by atoms with van der Waals surface area (Å²) in [5.74, 6) is 0.550. The minimum Gasteiger partial charge on any atom is -0.488 e. The first-order valence-corrected chi connectivity index (χ1v) is 10.5. The van der Waals surface area contributed by atoms with Crippen LogP contribution in [0.1, 0.15) is 36.1 Å². The Morgan fingerprint density at radius 1 is 1.14 bits per heavy atom. The van der Waals surface area contributed by atoms with Crippen LogP contribution in [0.3, 0.4) is 0 Å². The Morgan fingerprint density at radius 3 is 2.38 bits per heavy atom. The molecule has 0 spiro atoms. The SMILES string of the molecule is CCN=C1S/C(=C\c2cc(C)c(OCc3ccc(F)cc3)c(C)c2)C(=O)N1CC. The van der Waals surface area contributed by atoms with Crippen LogP contribution in [-0.4, -0.2) is 29.1 Å². The van der Waals surface area contributed by atoms with Crippen molar-refractivity contribution >= 4 is 28.9 Å². The summed E-state index contributed by atoms with van der Waals surface area (Å²) in [6.07, 6.45) is 1.91. The van der Waals surface area contributed by atoms with E-state index in [0.717, 1.165) is 33.2 Å². The second kappa shape index (κ2) is 9.27. The van der Waals surface area contributed by atoms with Gasteiger partial charge in [-0.1, -0.05) is 12.1 Å². The van der Waals surface area contributed by atoms with Gasteiger partial charge in [0.2, 0.25) is 0 Å². The molecule has 2 aromatic carbocycles. The molecule has 0 aliphatic carbocycles. The number of rotatable bonds is 6. The van der Waals surface area contributed by atoms with Crippen molar-refractivity contribution in [2.45, 2.75) is 34.3 Å². The molecule has 1 amide bonds. The molecule has 29 heavy (non-hydrogen) atoms. The Balaban J connectivity index is 1.80. The third-order valence-corrected chi connectivity index (χ3v) is 5.62. The molecule has 0 unspecified atom stereocenters. The Labute approximate surface area is 175 Å². The fourth-order valence-corrected chi connectivity index (χ4v) is 4.33. The van der Waals surface area contributed by atoms with Crippen molar-refractivity contribution in [3.63, 3.8) is 0 Å². The van der Waals surface area contributed by atoms with Crippen molar-refractivity contribution in [1.29, 1.82) is 0 Å². The maximum atomic E-state index is 13.0. The minimum atomic E-state index is -0.258. The Morgan fingerprint density at radius 2 is 1.79 bits per heavy atom. The van der Waals surface area contributed by atoms with E-state index in [-0.39, 0.29) is 11.7 Å². The van der Waals surface area contributed by atoms with Gasteiger partial charge in [-0.05, 0) is 92.1 Å². The predicted octanol–water partition coefficient (Wildman–Crippen LogP) is 5.33. The highest BCUT2D eigenvalue weighted by Crippen LogP contribution is 2.34. The van der Waals surface area contributed by atoms with E-state index in [9.17, 15) is 9.18 Å². The van der Waals surface area contributed by atoms with E-state index in [1.54, 1.807) is 17.0 Å². The average molecular weight is 413 g/mol. The quantitative estimate of drug-likeness (QED) is 0.602. The van der Waals surface area contributed by atoms with Crippen molar-refractivity contribution in [2.75, 3.05) is 13.1 Å². The number of carbonyl (C=O) groups is 1. The number of carbonyl (C=O) groups excluding carboxylic acids is 1. The zero-order valence-electron chi connectivity index (χ0n) is 17.2. The number of aryl methyl sites for hydroxylation is 2. The number of aliphatic imine (C=N–C) groups is 1. The van der Waals surface area contributed by atoms with E-state index in [1.807, 2.05) is 45.9 Å². The standard InChI is InChI=1S/C23H25FN2O2S/c1-5-25-23-26(6-2)22(27)20(29-23)13-18-11-15(3)21(16(4)12-18)28-14-17-7-9-19(24)10-8-17/h7-13H,5-6,14H2,1-4H3/b20-13-,25-23?. The highest BCUT2D eigenvalue weighted by Gasteiger charge is 2.31. The molecule has 0 bridgehead atoms. The molecule has 1 fully saturated rings. The summed E-state index contributed by atoms with van der Waals surface area (Å²) in [6.45, 7) is 9.52. The number of ether oxygens (including phenoxy) is 1. The van der Waals surface area contributed by atoms with Gasteiger partial charge in [-0.15, -0.1) is 0 Å². The summed E-state index contributed by atoms with van der Waals surface area (Å²) >= 11 is 1.42. The van der Waals surface area contributed by atoms with Crippen LogP contribution in [0.25, 0.3) is 6.08 Å². The molecule has 1 aliphatic heterocycles. The molecule has 2 aromatic rings. The number of hydrogen-bond acceptors (Lipinski definition) is 4. The molecule has 152 valence electrons. The van der Waals surface area contributed by atoms with Crippen LogP contribution in [-0.2, 0) is 11.4 Å². The van der Waals surface area contributed by atoms with Gasteiger partial charge in [-0.25, -0.2) is 4.39 Å². The summed E-state index contributed by atoms with van der Waals surface area (Å²) in [7, 11) is 0. The molecule has 1 aliphatic rings. The average Bonchev–Trinajstić information content (AvgIpc) is 2.97. The summed E-state index contributed by atoms with van der Waals surface area (Å²) in [5, 5.41) is 0.763. The number of nitrogens with zero attached hydrogens (tertiary/aromatic N) is 2. The number of amidine groups is 1. The molecular weight excluding hydrogens is 387 g/mol. The third-order valence-electron chi connectivity index (χ3n) is 4.57. The maximum absolute atomic E-state index is 13.0. The van der Waals surface area contributed by atoms with Crippen LogP contribution >= 0.6 is 11.8 Å². The van der Waals surface area contributed by atoms with Gasteiger partial charge in [0, 0.05) is 13.1 Å². The van der Waals surface area contributed by atoms with Gasteiger partial charge in [-0.3, -0.25) is 14.7 Å². The number of likely N-dealkylation sites (N-methyl/N-ethyl adjacent to an activating group) is 1. The first kappa shape index (κ1) is 21.1. The molecule has 1 saturated heterocycles. The fraction of sp³-hybridized carbons (Fsp3) is 0.304. The summed E-state index contributed by atoms with van der Waals surface area (Å²) in [4.78, 5) is 19.5. The van der Waals surface area contributed by atoms with Gasteiger partial charge < -0.3 is 4.74 Å². The molecule has 0 N–H and O–H groups in total. The largest absolute Gasteiger partial charge is 0.488 e. The van der Waals surface area contributed by atoms with Crippen molar-refractivity contribution in [1.82, 2.24) is 4.90 Å². The lowest BCUT2D eigenvalue weighted by Crippen LogP contribution is -2.28. The maximum Gasteiger partial charge on any atom is 0.266 e. The van der Waals surface area contributed by atoms with Crippen LogP contribution < -0.4 is 4.74 Å². The molecule has 4 nitrogen and oxygen atoms in total. The monoisotopic (exact) mass is 412 g/mol. The summed E-state index contributed by atoms with van der Waals surface area (Å²) in [5.41, 5.74) is 3.85. The zero-order chi connectivity index (χ0) is 21.0. The smallest absolute Gasteiger partial charge is 0.266 e. The molecule has 0 aromatic heterocycles. The van der Waals surface area contributed by atoms with E-state index >= 15 is 0 Å². The van der Waals surface area contributed by atoms with Crippen LogP contribution in [0.4, 0.5) is 4.39 Å². The van der Waals surface area contributed by atoms with Gasteiger partial charge in [0.25, 0.3) is 5.91 Å². The molecular formula is C23H25FN2O2S. The van der Waals surface area contributed by atoms with Crippen LogP contribution in [0.15, 0.2) is 46.3 Å². The van der Waals surface area contributed by atoms with Gasteiger partial charge in [0.05, 0.1) is 4.91 Å². The number of hydrogen-bond donors (Lipinski definition) is 0. The first-order chi connectivity index (χ1) is 13.9. The van der Waals surface area contributed by atoms with E-state index in [0.29, 0.717) is 24.6 Å². The van der Waals surface area contributed by atoms with Gasteiger partial charge in [0.1, 0.15) is 18.2 Å². The van der Waals surface area contributed by atoms with E-state index in [1.165, 1.54) is 23.9 Å². The van der Waals surface area contributed by atoms with Crippen molar-refractivity contribution in [3.8, 4) is 5.75 Å². The molecule has 0 radical (unpaired) electrons. The van der Waals surface area contributed by atoms with Gasteiger partial charge in [0.15, 0.2) is 5.17 Å². The second-order valence-corrected chi connectivity index (χ2v) is 7.83. The van der Waals surface area contributed by atoms with E-state index in [2.05, 4.69) is 4.99 Å². The van der Waals surface area contributed by atoms with E-state index in [4.69, 9.17) is 4.74 Å². The predicted molar refractivity (Wildman–Crippen MR) is 118 cm³/mol. The van der Waals surface area contributed by atoms with Crippen LogP contribution in [0, 0.1) is 19.7 Å². The van der Waals surface area contributed by atoms with Crippen molar-refractivity contribution in [3.05, 3.63) is 69.4 Å². The number of benzene rings is 2. The Bertz CT molecular complexity index is 944.